The smallest absolute Gasteiger partial charge is 0.226 e. The minimum atomic E-state index is -0.191. The lowest BCUT2D eigenvalue weighted by Crippen LogP contribution is -2.30. The maximum absolute atomic E-state index is 12.7. The molecule has 5 rings (SSSR count). The monoisotopic (exact) mass is 448 g/mol. The molecule has 0 saturated carbocycles. The average molecular weight is 449 g/mol. The Bertz CT molecular complexity index is 1170. The number of hydrogen-bond acceptors (Lipinski definition) is 7. The number of nitrogens with one attached hydrogen (secondary N) is 1. The maximum Gasteiger partial charge on any atom is 0.226 e. The lowest BCUT2D eigenvalue weighted by molar-refractivity contribution is -0.116. The van der Waals surface area contributed by atoms with Gasteiger partial charge in [-0.05, 0) is 44.4 Å². The van der Waals surface area contributed by atoms with Crippen LogP contribution in [0.2, 0.25) is 0 Å². The van der Waals surface area contributed by atoms with Crippen LogP contribution in [0.4, 0.5) is 11.6 Å². The van der Waals surface area contributed by atoms with Crippen LogP contribution in [-0.4, -0.2) is 53.2 Å². The first-order valence-electron chi connectivity index (χ1n) is 11.3. The van der Waals surface area contributed by atoms with Gasteiger partial charge < -0.3 is 19.7 Å². The van der Waals surface area contributed by atoms with E-state index in [1.165, 1.54) is 19.3 Å². The Morgan fingerprint density at radius 3 is 2.45 bits per heavy atom. The van der Waals surface area contributed by atoms with Gasteiger partial charge in [-0.25, -0.2) is 0 Å². The predicted octanol–water partition coefficient (Wildman–Crippen LogP) is 3.45. The van der Waals surface area contributed by atoms with Gasteiger partial charge in [0.1, 0.15) is 17.3 Å². The molecule has 2 aliphatic rings. The molecule has 9 nitrogen and oxygen atoms in total. The lowest BCUT2D eigenvalue weighted by Gasteiger charge is -2.27. The first kappa shape index (κ1) is 21.2. The lowest BCUT2D eigenvalue weighted by atomic mass is 9.85. The van der Waals surface area contributed by atoms with Crippen LogP contribution in [0.5, 0.6) is 11.5 Å². The quantitative estimate of drug-likeness (QED) is 0.639. The molecule has 3 aromatic rings. The number of rotatable bonds is 5. The Labute approximate surface area is 192 Å². The maximum atomic E-state index is 12.7. The molecule has 172 valence electrons. The molecule has 1 fully saturated rings. The second kappa shape index (κ2) is 8.73. The van der Waals surface area contributed by atoms with Crippen molar-refractivity contribution in [2.75, 3.05) is 37.5 Å². The van der Waals surface area contributed by atoms with Gasteiger partial charge >= 0.3 is 0 Å². The first-order chi connectivity index (χ1) is 16.1. The highest BCUT2D eigenvalue weighted by atomic mass is 16.5. The van der Waals surface area contributed by atoms with Crippen molar-refractivity contribution in [1.29, 1.82) is 0 Å². The van der Waals surface area contributed by atoms with E-state index in [1.807, 2.05) is 37.3 Å². The van der Waals surface area contributed by atoms with Crippen LogP contribution in [0.25, 0.3) is 5.82 Å². The molecule has 1 unspecified atom stereocenters. The minimum Gasteiger partial charge on any atom is -0.497 e. The number of carbonyl (C=O) groups excluding carboxylic acids is 1. The van der Waals surface area contributed by atoms with Crippen molar-refractivity contribution < 1.29 is 14.3 Å². The van der Waals surface area contributed by atoms with Gasteiger partial charge in [0.25, 0.3) is 0 Å². The molecule has 33 heavy (non-hydrogen) atoms. The van der Waals surface area contributed by atoms with E-state index in [9.17, 15) is 4.79 Å². The number of nitrogens with zero attached hydrogens (tertiary/aromatic N) is 5. The highest BCUT2D eigenvalue weighted by Gasteiger charge is 2.34. The number of aryl methyl sites for hydroxylation is 1. The molecule has 1 N–H and O–H groups in total. The minimum absolute atomic E-state index is 0.0792. The SMILES string of the molecule is COc1ccc(C2CC(=O)Nc3c2c(C)nn3-c2ccc(N3CCCCC3)nn2)c(OC)c1. The fourth-order valence-electron chi connectivity index (χ4n) is 4.81. The van der Waals surface area contributed by atoms with E-state index < -0.39 is 0 Å². The highest BCUT2D eigenvalue weighted by Crippen LogP contribution is 2.43. The molecule has 1 aromatic carbocycles. The van der Waals surface area contributed by atoms with E-state index in [0.29, 0.717) is 29.6 Å². The predicted molar refractivity (Wildman–Crippen MR) is 125 cm³/mol. The molecule has 0 aliphatic carbocycles. The van der Waals surface area contributed by atoms with Crippen molar-refractivity contribution in [2.45, 2.75) is 38.5 Å². The number of piperidine rings is 1. The molecule has 1 amide bonds. The third kappa shape index (κ3) is 3.88. The van der Waals surface area contributed by atoms with Crippen molar-refractivity contribution >= 4 is 17.5 Å². The fourth-order valence-corrected chi connectivity index (χ4v) is 4.81. The molecule has 4 heterocycles. The van der Waals surface area contributed by atoms with Crippen molar-refractivity contribution in [1.82, 2.24) is 20.0 Å². The zero-order chi connectivity index (χ0) is 22.9. The molecular weight excluding hydrogens is 420 g/mol. The zero-order valence-corrected chi connectivity index (χ0v) is 19.2. The summed E-state index contributed by atoms with van der Waals surface area (Å²) in [5.41, 5.74) is 2.71. The summed E-state index contributed by atoms with van der Waals surface area (Å²) in [4.78, 5) is 15.0. The van der Waals surface area contributed by atoms with Gasteiger partial charge in [0.05, 0.1) is 19.9 Å². The number of hydrogen-bond donors (Lipinski definition) is 1. The van der Waals surface area contributed by atoms with Gasteiger partial charge in [-0.15, -0.1) is 10.2 Å². The first-order valence-corrected chi connectivity index (χ1v) is 11.3. The van der Waals surface area contributed by atoms with Crippen LogP contribution in [-0.2, 0) is 4.79 Å². The van der Waals surface area contributed by atoms with Gasteiger partial charge in [0, 0.05) is 42.6 Å². The second-order valence-electron chi connectivity index (χ2n) is 8.47. The van der Waals surface area contributed by atoms with Crippen LogP contribution >= 0.6 is 0 Å². The number of benzene rings is 1. The molecule has 0 radical (unpaired) electrons. The molecule has 0 spiro atoms. The number of fused-ring (bicyclic) bond motifs is 1. The normalized spacial score (nSPS) is 18.0. The number of carbonyl (C=O) groups is 1. The Hall–Kier alpha value is -3.62. The molecule has 9 heteroatoms. The summed E-state index contributed by atoms with van der Waals surface area (Å²) >= 11 is 0. The Morgan fingerprint density at radius 1 is 1.00 bits per heavy atom. The number of amides is 1. The Morgan fingerprint density at radius 2 is 1.76 bits per heavy atom. The van der Waals surface area contributed by atoms with Gasteiger partial charge in [0.15, 0.2) is 11.6 Å². The van der Waals surface area contributed by atoms with Crippen LogP contribution in [0, 0.1) is 6.92 Å². The van der Waals surface area contributed by atoms with Crippen LogP contribution in [0.1, 0.15) is 48.4 Å². The Kier molecular flexibility index (Phi) is 5.62. The summed E-state index contributed by atoms with van der Waals surface area (Å²) in [7, 11) is 3.24. The summed E-state index contributed by atoms with van der Waals surface area (Å²) < 4.78 is 12.6. The standard InChI is InChI=1S/C24H28N6O3/c1-15-23-18(17-8-7-16(32-2)13-19(17)33-3)14-22(31)25-24(23)30(28-15)21-10-9-20(26-27-21)29-11-5-4-6-12-29/h7-10,13,18H,4-6,11-12,14H2,1-3H3,(H,25,31). The van der Waals surface area contributed by atoms with E-state index in [2.05, 4.69) is 20.4 Å². The number of anilines is 2. The number of aromatic nitrogens is 4. The summed E-state index contributed by atoms with van der Waals surface area (Å²) in [5, 5.41) is 16.6. The largest absolute Gasteiger partial charge is 0.497 e. The molecule has 1 atom stereocenters. The van der Waals surface area contributed by atoms with Gasteiger partial charge in [0.2, 0.25) is 5.91 Å². The van der Waals surface area contributed by atoms with Gasteiger partial charge in [-0.1, -0.05) is 6.07 Å². The Balaban J connectivity index is 1.53. The zero-order valence-electron chi connectivity index (χ0n) is 19.2. The number of methoxy groups -OCH3 is 2. The summed E-state index contributed by atoms with van der Waals surface area (Å²) in [6.45, 7) is 3.96. The number of ether oxygens (including phenoxy) is 2. The third-order valence-corrected chi connectivity index (χ3v) is 6.45. The molecule has 1 saturated heterocycles. The third-order valence-electron chi connectivity index (χ3n) is 6.45. The van der Waals surface area contributed by atoms with Gasteiger partial charge in [-0.2, -0.15) is 9.78 Å². The summed E-state index contributed by atoms with van der Waals surface area (Å²) in [6, 6.07) is 9.56. The molecule has 2 aromatic heterocycles. The average Bonchev–Trinajstić information content (AvgIpc) is 3.19. The van der Waals surface area contributed by atoms with Crippen molar-refractivity contribution in [3.05, 3.63) is 47.2 Å². The van der Waals surface area contributed by atoms with Crippen molar-refractivity contribution in [3.63, 3.8) is 0 Å². The van der Waals surface area contributed by atoms with Crippen molar-refractivity contribution in [2.24, 2.45) is 0 Å². The molecular formula is C24H28N6O3. The van der Waals surface area contributed by atoms with Gasteiger partial charge in [-0.3, -0.25) is 4.79 Å². The van der Waals surface area contributed by atoms with E-state index in [0.717, 1.165) is 35.7 Å². The fraction of sp³-hybridized carbons (Fsp3) is 0.417. The molecule has 0 bridgehead atoms. The summed E-state index contributed by atoms with van der Waals surface area (Å²) in [5.74, 6) is 3.19. The van der Waals surface area contributed by atoms with E-state index in [4.69, 9.17) is 14.6 Å². The topological polar surface area (TPSA) is 94.4 Å². The second-order valence-corrected chi connectivity index (χ2v) is 8.47. The van der Waals surface area contributed by atoms with E-state index in [1.54, 1.807) is 18.9 Å². The van der Waals surface area contributed by atoms with Crippen LogP contribution in [0.15, 0.2) is 30.3 Å². The van der Waals surface area contributed by atoms with E-state index in [-0.39, 0.29) is 11.8 Å². The highest BCUT2D eigenvalue weighted by molar-refractivity contribution is 5.95. The van der Waals surface area contributed by atoms with Crippen LogP contribution in [0.3, 0.4) is 0 Å². The summed E-state index contributed by atoms with van der Waals surface area (Å²) in [6.07, 6.45) is 3.93. The molecule has 2 aliphatic heterocycles. The van der Waals surface area contributed by atoms with Crippen LogP contribution < -0.4 is 19.7 Å². The van der Waals surface area contributed by atoms with Crippen molar-refractivity contribution in [3.8, 4) is 17.3 Å². The van der Waals surface area contributed by atoms with E-state index >= 15 is 0 Å².